The standard InChI is InChI=1S/C10H12OS/c1-2-3-8-4-5-10-9(6-8)11-7-12-10/h4-6H,2-3,7H2,1H3. The van der Waals surface area contributed by atoms with Crippen molar-refractivity contribution in [3.8, 4) is 5.75 Å². The van der Waals surface area contributed by atoms with Crippen LogP contribution in [0.3, 0.4) is 0 Å². The molecular formula is C10H12OS. The number of fused-ring (bicyclic) bond motifs is 1. The Morgan fingerprint density at radius 2 is 2.42 bits per heavy atom. The maximum absolute atomic E-state index is 5.45. The summed E-state index contributed by atoms with van der Waals surface area (Å²) >= 11 is 1.77. The lowest BCUT2D eigenvalue weighted by atomic mass is 10.1. The average molecular weight is 180 g/mol. The lowest BCUT2D eigenvalue weighted by Gasteiger charge is -2.01. The van der Waals surface area contributed by atoms with E-state index in [4.69, 9.17) is 4.74 Å². The van der Waals surface area contributed by atoms with Crippen molar-refractivity contribution in [1.29, 1.82) is 0 Å². The summed E-state index contributed by atoms with van der Waals surface area (Å²) in [4.78, 5) is 1.29. The highest BCUT2D eigenvalue weighted by atomic mass is 32.2. The summed E-state index contributed by atoms with van der Waals surface area (Å²) in [5.41, 5.74) is 1.39. The third-order valence-corrected chi connectivity index (χ3v) is 2.86. The SMILES string of the molecule is CCCc1ccc2c(c1)OCS2. The summed E-state index contributed by atoms with van der Waals surface area (Å²) in [5, 5.41) is 0. The molecule has 0 unspecified atom stereocenters. The van der Waals surface area contributed by atoms with Crippen LogP contribution in [0.1, 0.15) is 18.9 Å². The minimum Gasteiger partial charge on any atom is -0.481 e. The third-order valence-electron chi connectivity index (χ3n) is 1.98. The summed E-state index contributed by atoms with van der Waals surface area (Å²) in [5.74, 6) is 1.86. The van der Waals surface area contributed by atoms with E-state index in [1.165, 1.54) is 16.9 Å². The van der Waals surface area contributed by atoms with Gasteiger partial charge in [0.25, 0.3) is 0 Å². The second kappa shape index (κ2) is 3.40. The summed E-state index contributed by atoms with van der Waals surface area (Å²) in [6.45, 7) is 2.20. The normalized spacial score (nSPS) is 14.1. The fourth-order valence-corrected chi connectivity index (χ4v) is 2.12. The van der Waals surface area contributed by atoms with Gasteiger partial charge in [0, 0.05) is 0 Å². The molecule has 0 spiro atoms. The van der Waals surface area contributed by atoms with Crippen LogP contribution in [0.15, 0.2) is 23.1 Å². The Bertz CT molecular complexity index is 283. The van der Waals surface area contributed by atoms with Gasteiger partial charge in [-0.2, -0.15) is 0 Å². The van der Waals surface area contributed by atoms with E-state index in [0.717, 1.165) is 18.1 Å². The number of benzene rings is 1. The van der Waals surface area contributed by atoms with Crippen molar-refractivity contribution in [3.05, 3.63) is 23.8 Å². The highest BCUT2D eigenvalue weighted by molar-refractivity contribution is 7.99. The lowest BCUT2D eigenvalue weighted by molar-refractivity contribution is 0.397. The van der Waals surface area contributed by atoms with E-state index in [1.807, 2.05) is 0 Å². The molecule has 0 radical (unpaired) electrons. The molecule has 2 heteroatoms. The van der Waals surface area contributed by atoms with E-state index in [1.54, 1.807) is 11.8 Å². The summed E-state index contributed by atoms with van der Waals surface area (Å²) in [7, 11) is 0. The Morgan fingerprint density at radius 3 is 3.25 bits per heavy atom. The molecule has 1 aromatic carbocycles. The van der Waals surface area contributed by atoms with E-state index in [2.05, 4.69) is 25.1 Å². The number of thioether (sulfide) groups is 1. The topological polar surface area (TPSA) is 9.23 Å². The van der Waals surface area contributed by atoms with Crippen LogP contribution in [0.25, 0.3) is 0 Å². The minimum absolute atomic E-state index is 0.783. The van der Waals surface area contributed by atoms with Gasteiger partial charge in [0.05, 0.1) is 4.90 Å². The van der Waals surface area contributed by atoms with Gasteiger partial charge < -0.3 is 4.74 Å². The van der Waals surface area contributed by atoms with E-state index in [9.17, 15) is 0 Å². The molecule has 64 valence electrons. The van der Waals surface area contributed by atoms with Crippen molar-refractivity contribution >= 4 is 11.8 Å². The fraction of sp³-hybridized carbons (Fsp3) is 0.400. The Morgan fingerprint density at radius 1 is 1.50 bits per heavy atom. The van der Waals surface area contributed by atoms with Crippen LogP contribution in [0.2, 0.25) is 0 Å². The number of aryl methyl sites for hydroxylation is 1. The van der Waals surface area contributed by atoms with Crippen LogP contribution in [-0.4, -0.2) is 5.94 Å². The Kier molecular flexibility index (Phi) is 2.26. The molecule has 1 nitrogen and oxygen atoms in total. The van der Waals surface area contributed by atoms with Crippen LogP contribution in [0.5, 0.6) is 5.75 Å². The van der Waals surface area contributed by atoms with Crippen molar-refractivity contribution in [1.82, 2.24) is 0 Å². The van der Waals surface area contributed by atoms with Crippen molar-refractivity contribution in [2.45, 2.75) is 24.7 Å². The second-order valence-electron chi connectivity index (χ2n) is 2.94. The molecule has 0 N–H and O–H groups in total. The van der Waals surface area contributed by atoms with Gasteiger partial charge in [-0.25, -0.2) is 0 Å². The average Bonchev–Trinajstić information content (AvgIpc) is 2.51. The molecule has 0 bridgehead atoms. The van der Waals surface area contributed by atoms with Gasteiger partial charge in [-0.3, -0.25) is 0 Å². The molecule has 1 heterocycles. The smallest absolute Gasteiger partial charge is 0.138 e. The van der Waals surface area contributed by atoms with Crippen LogP contribution < -0.4 is 4.74 Å². The summed E-state index contributed by atoms with van der Waals surface area (Å²) in [6.07, 6.45) is 2.35. The van der Waals surface area contributed by atoms with Crippen LogP contribution >= 0.6 is 11.8 Å². The van der Waals surface area contributed by atoms with Crippen molar-refractivity contribution in [2.75, 3.05) is 5.94 Å². The first-order valence-corrected chi connectivity index (χ1v) is 5.27. The molecule has 12 heavy (non-hydrogen) atoms. The van der Waals surface area contributed by atoms with E-state index >= 15 is 0 Å². The fourth-order valence-electron chi connectivity index (χ4n) is 1.39. The molecule has 1 aromatic rings. The maximum atomic E-state index is 5.45. The predicted octanol–water partition coefficient (Wildman–Crippen LogP) is 3.08. The van der Waals surface area contributed by atoms with Gasteiger partial charge >= 0.3 is 0 Å². The molecular weight excluding hydrogens is 168 g/mol. The molecule has 0 saturated carbocycles. The maximum Gasteiger partial charge on any atom is 0.138 e. The predicted molar refractivity (Wildman–Crippen MR) is 51.8 cm³/mol. The minimum atomic E-state index is 0.783. The molecule has 1 aliphatic heterocycles. The lowest BCUT2D eigenvalue weighted by Crippen LogP contribution is -1.86. The van der Waals surface area contributed by atoms with E-state index in [0.29, 0.717) is 0 Å². The van der Waals surface area contributed by atoms with Crippen LogP contribution in [-0.2, 0) is 6.42 Å². The molecule has 0 fully saturated rings. The van der Waals surface area contributed by atoms with Gasteiger partial charge in [0.15, 0.2) is 0 Å². The molecule has 1 aliphatic rings. The second-order valence-corrected chi connectivity index (χ2v) is 3.90. The first-order valence-electron chi connectivity index (χ1n) is 4.28. The Labute approximate surface area is 77.1 Å². The number of rotatable bonds is 2. The van der Waals surface area contributed by atoms with Crippen LogP contribution in [0.4, 0.5) is 0 Å². The van der Waals surface area contributed by atoms with E-state index in [-0.39, 0.29) is 0 Å². The van der Waals surface area contributed by atoms with Crippen LogP contribution in [0, 0.1) is 0 Å². The summed E-state index contributed by atoms with van der Waals surface area (Å²) in [6, 6.07) is 6.53. The van der Waals surface area contributed by atoms with Gasteiger partial charge in [-0.1, -0.05) is 31.2 Å². The zero-order valence-electron chi connectivity index (χ0n) is 7.17. The largest absolute Gasteiger partial charge is 0.481 e. The molecule has 0 aliphatic carbocycles. The first kappa shape index (κ1) is 7.99. The zero-order chi connectivity index (χ0) is 8.39. The highest BCUT2D eigenvalue weighted by Gasteiger charge is 2.11. The number of ether oxygens (including phenoxy) is 1. The van der Waals surface area contributed by atoms with Crippen molar-refractivity contribution in [3.63, 3.8) is 0 Å². The number of hydrogen-bond acceptors (Lipinski definition) is 2. The quantitative estimate of drug-likeness (QED) is 0.691. The zero-order valence-corrected chi connectivity index (χ0v) is 7.99. The molecule has 0 aromatic heterocycles. The highest BCUT2D eigenvalue weighted by Crippen LogP contribution is 2.36. The molecule has 0 atom stereocenters. The van der Waals surface area contributed by atoms with Crippen molar-refractivity contribution in [2.24, 2.45) is 0 Å². The molecule has 0 amide bonds. The van der Waals surface area contributed by atoms with E-state index < -0.39 is 0 Å². The van der Waals surface area contributed by atoms with Gasteiger partial charge in [0.1, 0.15) is 11.7 Å². The van der Waals surface area contributed by atoms with Gasteiger partial charge in [-0.05, 0) is 24.1 Å². The van der Waals surface area contributed by atoms with Crippen molar-refractivity contribution < 1.29 is 4.74 Å². The summed E-state index contributed by atoms with van der Waals surface area (Å²) < 4.78 is 5.45. The Balaban J connectivity index is 2.26. The monoisotopic (exact) mass is 180 g/mol. The first-order chi connectivity index (χ1) is 5.90. The Hall–Kier alpha value is -0.630. The van der Waals surface area contributed by atoms with Gasteiger partial charge in [0.2, 0.25) is 0 Å². The molecule has 2 rings (SSSR count). The van der Waals surface area contributed by atoms with Gasteiger partial charge in [-0.15, -0.1) is 0 Å². The third kappa shape index (κ3) is 1.44. The number of hydrogen-bond donors (Lipinski definition) is 0. The molecule has 0 saturated heterocycles.